The van der Waals surface area contributed by atoms with Crippen molar-refractivity contribution < 1.29 is 31.2 Å². The van der Waals surface area contributed by atoms with Crippen LogP contribution in [0.4, 0.5) is 5.69 Å². The van der Waals surface area contributed by atoms with Crippen LogP contribution in [0.25, 0.3) is 0 Å². The van der Waals surface area contributed by atoms with E-state index in [0.29, 0.717) is 0 Å². The second kappa shape index (κ2) is 11.4. The van der Waals surface area contributed by atoms with Gasteiger partial charge in [0.05, 0.1) is 27.6 Å². The van der Waals surface area contributed by atoms with E-state index in [2.05, 4.69) is 5.32 Å². The highest BCUT2D eigenvalue weighted by Gasteiger charge is 2.43. The first-order chi connectivity index (χ1) is 18.2. The van der Waals surface area contributed by atoms with Crippen molar-refractivity contribution >= 4 is 37.6 Å². The summed E-state index contributed by atoms with van der Waals surface area (Å²) in [6.07, 6.45) is 0. The molecule has 1 aliphatic rings. The molecule has 1 heterocycles. The summed E-state index contributed by atoms with van der Waals surface area (Å²) in [4.78, 5) is 26.0. The molecule has 200 valence electrons. The van der Waals surface area contributed by atoms with Gasteiger partial charge in [-0.25, -0.2) is 21.6 Å². The lowest BCUT2D eigenvalue weighted by Crippen LogP contribution is -2.60. The largest absolute Gasteiger partial charge is 0.462 e. The van der Waals surface area contributed by atoms with Crippen molar-refractivity contribution in [3.63, 3.8) is 0 Å². The Kier molecular flexibility index (Phi) is 8.26. The number of hydrogen-bond acceptors (Lipinski definition) is 7. The summed E-state index contributed by atoms with van der Waals surface area (Å²) < 4.78 is 60.9. The summed E-state index contributed by atoms with van der Waals surface area (Å²) in [6, 6.07) is 20.1. The molecule has 3 aromatic rings. The molecule has 1 aliphatic heterocycles. The van der Waals surface area contributed by atoms with Gasteiger partial charge in [-0.2, -0.15) is 8.61 Å². The number of anilines is 1. The van der Waals surface area contributed by atoms with Gasteiger partial charge in [0.1, 0.15) is 6.04 Å². The Balaban J connectivity index is 1.70. The van der Waals surface area contributed by atoms with Crippen molar-refractivity contribution in [2.75, 3.05) is 31.6 Å². The minimum absolute atomic E-state index is 0.0240. The molecule has 0 bridgehead atoms. The van der Waals surface area contributed by atoms with Gasteiger partial charge < -0.3 is 10.1 Å². The van der Waals surface area contributed by atoms with E-state index in [0.717, 1.165) is 8.61 Å². The van der Waals surface area contributed by atoms with Crippen molar-refractivity contribution in [2.24, 2.45) is 0 Å². The Labute approximate surface area is 221 Å². The molecule has 0 aromatic heterocycles. The van der Waals surface area contributed by atoms with E-state index >= 15 is 0 Å². The average Bonchev–Trinajstić information content (AvgIpc) is 2.94. The predicted molar refractivity (Wildman–Crippen MR) is 140 cm³/mol. The molecule has 1 saturated heterocycles. The first kappa shape index (κ1) is 27.5. The lowest BCUT2D eigenvalue weighted by molar-refractivity contribution is -0.120. The van der Waals surface area contributed by atoms with Crippen molar-refractivity contribution in [2.45, 2.75) is 22.8 Å². The number of esters is 1. The molecule has 38 heavy (non-hydrogen) atoms. The Morgan fingerprint density at radius 2 is 1.37 bits per heavy atom. The third-order valence-corrected chi connectivity index (χ3v) is 9.81. The summed E-state index contributed by atoms with van der Waals surface area (Å²) in [5, 5.41) is 2.62. The number of carbonyl (C=O) groups excluding carboxylic acids is 2. The standard InChI is InChI=1S/C26H27N3O7S2/c1-2-36-26(31)22-15-9-10-16-23(22)27-25(30)24-19-28(37(32,33)20-11-5-3-6-12-20)17-18-29(24)38(34,35)21-13-7-4-8-14-21/h3-16,24H,2,17-19H2,1H3,(H,27,30)/t24-/m0/s1. The summed E-state index contributed by atoms with van der Waals surface area (Å²) in [5.74, 6) is -1.44. The number of benzene rings is 3. The van der Waals surface area contributed by atoms with E-state index in [9.17, 15) is 26.4 Å². The van der Waals surface area contributed by atoms with Crippen LogP contribution in [0, 0.1) is 0 Å². The van der Waals surface area contributed by atoms with Crippen molar-refractivity contribution in [1.29, 1.82) is 0 Å². The van der Waals surface area contributed by atoms with Gasteiger partial charge in [-0.05, 0) is 43.3 Å². The van der Waals surface area contributed by atoms with Crippen LogP contribution >= 0.6 is 0 Å². The smallest absolute Gasteiger partial charge is 0.340 e. The van der Waals surface area contributed by atoms with E-state index in [-0.39, 0.29) is 40.7 Å². The van der Waals surface area contributed by atoms with Gasteiger partial charge in [0, 0.05) is 19.6 Å². The number of ether oxygens (including phenoxy) is 1. The predicted octanol–water partition coefficient (Wildman–Crippen LogP) is 2.57. The van der Waals surface area contributed by atoms with Gasteiger partial charge in [0.25, 0.3) is 0 Å². The molecule has 10 nitrogen and oxygen atoms in total. The van der Waals surface area contributed by atoms with Crippen molar-refractivity contribution in [1.82, 2.24) is 8.61 Å². The molecule has 0 saturated carbocycles. The lowest BCUT2D eigenvalue weighted by atomic mass is 10.1. The van der Waals surface area contributed by atoms with Gasteiger partial charge >= 0.3 is 5.97 Å². The monoisotopic (exact) mass is 557 g/mol. The molecule has 12 heteroatoms. The highest BCUT2D eigenvalue weighted by Crippen LogP contribution is 2.27. The molecule has 1 atom stereocenters. The van der Waals surface area contributed by atoms with Crippen LogP contribution in [-0.2, 0) is 29.6 Å². The molecule has 0 aliphatic carbocycles. The van der Waals surface area contributed by atoms with Crippen LogP contribution in [0.3, 0.4) is 0 Å². The Morgan fingerprint density at radius 1 is 0.816 bits per heavy atom. The van der Waals surface area contributed by atoms with E-state index in [1.165, 1.54) is 36.4 Å². The second-order valence-electron chi connectivity index (χ2n) is 8.38. The Hall–Kier alpha value is -3.58. The summed E-state index contributed by atoms with van der Waals surface area (Å²) in [7, 11) is -8.16. The van der Waals surface area contributed by atoms with Gasteiger partial charge in [-0.3, -0.25) is 4.79 Å². The van der Waals surface area contributed by atoms with Gasteiger partial charge in [0.2, 0.25) is 26.0 Å². The van der Waals surface area contributed by atoms with Gasteiger partial charge in [-0.15, -0.1) is 0 Å². The fraction of sp³-hybridized carbons (Fsp3) is 0.231. The first-order valence-corrected chi connectivity index (χ1v) is 14.7. The van der Waals surface area contributed by atoms with Crippen LogP contribution in [-0.4, -0.2) is 69.6 Å². The van der Waals surface area contributed by atoms with E-state index < -0.39 is 44.5 Å². The highest BCUT2D eigenvalue weighted by molar-refractivity contribution is 7.89. The highest BCUT2D eigenvalue weighted by atomic mass is 32.2. The lowest BCUT2D eigenvalue weighted by Gasteiger charge is -2.39. The van der Waals surface area contributed by atoms with Gasteiger partial charge in [0.15, 0.2) is 0 Å². The molecule has 1 N–H and O–H groups in total. The van der Waals surface area contributed by atoms with Crippen LogP contribution in [0.5, 0.6) is 0 Å². The van der Waals surface area contributed by atoms with Crippen molar-refractivity contribution in [3.05, 3.63) is 90.5 Å². The number of piperazine rings is 1. The van der Waals surface area contributed by atoms with Crippen LogP contribution in [0.2, 0.25) is 0 Å². The zero-order valence-electron chi connectivity index (χ0n) is 20.6. The number of hydrogen-bond donors (Lipinski definition) is 1. The molecule has 3 aromatic carbocycles. The first-order valence-electron chi connectivity index (χ1n) is 11.9. The number of amides is 1. The fourth-order valence-corrected chi connectivity index (χ4v) is 7.18. The van der Waals surface area contributed by atoms with E-state index in [4.69, 9.17) is 4.74 Å². The van der Waals surface area contributed by atoms with Crippen LogP contribution in [0.1, 0.15) is 17.3 Å². The number of nitrogens with one attached hydrogen (secondary N) is 1. The normalized spacial score (nSPS) is 17.0. The minimum Gasteiger partial charge on any atom is -0.462 e. The zero-order chi connectivity index (χ0) is 27.3. The fourth-order valence-electron chi connectivity index (χ4n) is 4.13. The number of nitrogens with zero attached hydrogens (tertiary/aromatic N) is 2. The van der Waals surface area contributed by atoms with Crippen LogP contribution in [0.15, 0.2) is 94.7 Å². The molecule has 4 rings (SSSR count). The third kappa shape index (κ3) is 5.63. The van der Waals surface area contributed by atoms with E-state index in [1.807, 2.05) is 0 Å². The molecule has 0 unspecified atom stereocenters. The summed E-state index contributed by atoms with van der Waals surface area (Å²) in [5.41, 5.74) is 0.209. The summed E-state index contributed by atoms with van der Waals surface area (Å²) in [6.45, 7) is 0.957. The molecule has 0 radical (unpaired) electrons. The number of carbonyl (C=O) groups is 2. The maximum atomic E-state index is 13.6. The molecular formula is C26H27N3O7S2. The number of para-hydroxylation sites is 1. The third-order valence-electron chi connectivity index (χ3n) is 6.01. The molecule has 0 spiro atoms. The zero-order valence-corrected chi connectivity index (χ0v) is 22.2. The topological polar surface area (TPSA) is 130 Å². The quantitative estimate of drug-likeness (QED) is 0.421. The molecule has 1 fully saturated rings. The Bertz CT molecular complexity index is 1510. The second-order valence-corrected chi connectivity index (χ2v) is 12.2. The van der Waals surface area contributed by atoms with Gasteiger partial charge in [-0.1, -0.05) is 48.5 Å². The SMILES string of the molecule is CCOC(=O)c1ccccc1NC(=O)[C@@H]1CN(S(=O)(=O)c2ccccc2)CCN1S(=O)(=O)c1ccccc1. The number of rotatable bonds is 8. The Morgan fingerprint density at radius 3 is 1.97 bits per heavy atom. The maximum Gasteiger partial charge on any atom is 0.340 e. The minimum atomic E-state index is -4.16. The molecular weight excluding hydrogens is 530 g/mol. The number of sulfonamides is 2. The summed E-state index contributed by atoms with van der Waals surface area (Å²) >= 11 is 0. The molecule has 1 amide bonds. The average molecular weight is 558 g/mol. The maximum absolute atomic E-state index is 13.6. The van der Waals surface area contributed by atoms with E-state index in [1.54, 1.807) is 55.5 Å². The van der Waals surface area contributed by atoms with Crippen molar-refractivity contribution in [3.8, 4) is 0 Å². The van der Waals surface area contributed by atoms with Crippen LogP contribution < -0.4 is 5.32 Å².